The molecule has 0 fully saturated rings. The molecule has 5 aromatic rings. The van der Waals surface area contributed by atoms with Gasteiger partial charge in [0, 0.05) is 43.4 Å². The van der Waals surface area contributed by atoms with Crippen LogP contribution < -0.4 is 18.9 Å². The standard InChI is InChI=1S/C32H30N4/c1-33-19-15-27(16-20-33)28-17-21-35(22-18-28)23-25-11-13-26(14-12-25)24-36-31-9-5-3-7-29(31)34(2)30-8-4-6-10-32(30)36/h3-22H,23-24H2,1-2H3/q+2. The molecule has 0 saturated heterocycles. The molecule has 3 aromatic carbocycles. The number of benzene rings is 3. The fourth-order valence-corrected chi connectivity index (χ4v) is 4.97. The lowest BCUT2D eigenvalue weighted by Gasteiger charge is -2.38. The average Bonchev–Trinajstić information content (AvgIpc) is 2.93. The smallest absolute Gasteiger partial charge is 0.173 e. The van der Waals surface area contributed by atoms with Gasteiger partial charge in [-0.1, -0.05) is 48.5 Å². The second-order valence-electron chi connectivity index (χ2n) is 9.45. The van der Waals surface area contributed by atoms with Gasteiger partial charge in [-0.2, -0.15) is 0 Å². The number of aromatic nitrogens is 2. The maximum atomic E-state index is 2.43. The van der Waals surface area contributed by atoms with E-state index in [4.69, 9.17) is 0 Å². The van der Waals surface area contributed by atoms with E-state index in [9.17, 15) is 0 Å². The number of aryl methyl sites for hydroxylation is 1. The number of nitrogens with zero attached hydrogens (tertiary/aromatic N) is 4. The molecule has 1 aliphatic heterocycles. The fraction of sp³-hybridized carbons (Fsp3) is 0.125. The molecule has 0 radical (unpaired) electrons. The SMILES string of the molecule is CN1c2ccccc2N(Cc2ccc(C[n+]3ccc(-c4cc[n+](C)cc4)cc3)cc2)c2ccccc21. The number of anilines is 4. The Morgan fingerprint density at radius 3 is 1.58 bits per heavy atom. The van der Waals surface area contributed by atoms with Crippen LogP contribution in [0.15, 0.2) is 122 Å². The molecule has 0 bridgehead atoms. The molecule has 0 unspecified atom stereocenters. The van der Waals surface area contributed by atoms with Gasteiger partial charge in [0.15, 0.2) is 31.3 Å². The third kappa shape index (κ3) is 4.22. The maximum Gasteiger partial charge on any atom is 0.173 e. The fourth-order valence-electron chi connectivity index (χ4n) is 4.97. The van der Waals surface area contributed by atoms with Crippen LogP contribution in [0.5, 0.6) is 0 Å². The summed E-state index contributed by atoms with van der Waals surface area (Å²) < 4.78 is 4.28. The third-order valence-corrected chi connectivity index (χ3v) is 7.00. The van der Waals surface area contributed by atoms with E-state index in [0.29, 0.717) is 0 Å². The second-order valence-corrected chi connectivity index (χ2v) is 9.45. The van der Waals surface area contributed by atoms with E-state index in [-0.39, 0.29) is 0 Å². The van der Waals surface area contributed by atoms with Gasteiger partial charge in [0.05, 0.1) is 22.7 Å². The lowest BCUT2D eigenvalue weighted by atomic mass is 10.1. The van der Waals surface area contributed by atoms with Gasteiger partial charge in [-0.25, -0.2) is 9.13 Å². The number of fused-ring (bicyclic) bond motifs is 2. The van der Waals surface area contributed by atoms with Gasteiger partial charge in [-0.3, -0.25) is 0 Å². The summed E-state index contributed by atoms with van der Waals surface area (Å²) in [5, 5.41) is 0. The largest absolute Gasteiger partial charge is 0.341 e. The van der Waals surface area contributed by atoms with Crippen molar-refractivity contribution < 1.29 is 9.13 Å². The number of pyridine rings is 2. The number of hydrogen-bond donors (Lipinski definition) is 0. The van der Waals surface area contributed by atoms with Crippen molar-refractivity contribution in [2.45, 2.75) is 13.1 Å². The van der Waals surface area contributed by atoms with E-state index >= 15 is 0 Å². The first kappa shape index (κ1) is 22.1. The van der Waals surface area contributed by atoms with Crippen LogP contribution in [0.25, 0.3) is 11.1 Å². The summed E-state index contributed by atoms with van der Waals surface area (Å²) in [4.78, 5) is 4.71. The molecule has 0 spiro atoms. The number of para-hydroxylation sites is 4. The molecule has 0 saturated carbocycles. The lowest BCUT2D eigenvalue weighted by Crippen LogP contribution is -2.33. The van der Waals surface area contributed by atoms with E-state index in [0.717, 1.165) is 13.1 Å². The Morgan fingerprint density at radius 2 is 1.03 bits per heavy atom. The Bertz CT molecular complexity index is 1440. The minimum atomic E-state index is 0.832. The highest BCUT2D eigenvalue weighted by Crippen LogP contribution is 2.47. The van der Waals surface area contributed by atoms with Gasteiger partial charge in [0.2, 0.25) is 0 Å². The predicted octanol–water partition coefficient (Wildman–Crippen LogP) is 5.93. The molecule has 0 N–H and O–H groups in total. The van der Waals surface area contributed by atoms with Crippen molar-refractivity contribution in [2.75, 3.05) is 16.8 Å². The van der Waals surface area contributed by atoms with E-state index in [1.165, 1.54) is 45.0 Å². The molecule has 6 rings (SSSR count). The third-order valence-electron chi connectivity index (χ3n) is 7.00. The van der Waals surface area contributed by atoms with Gasteiger partial charge >= 0.3 is 0 Å². The summed E-state index contributed by atoms with van der Waals surface area (Å²) in [6.45, 7) is 1.68. The molecule has 2 aromatic heterocycles. The van der Waals surface area contributed by atoms with Gasteiger partial charge in [-0.15, -0.1) is 0 Å². The molecule has 0 atom stereocenters. The Balaban J connectivity index is 1.19. The van der Waals surface area contributed by atoms with E-state index in [2.05, 4.69) is 148 Å². The van der Waals surface area contributed by atoms with Gasteiger partial charge in [-0.05, 0) is 41.0 Å². The Labute approximate surface area is 212 Å². The highest BCUT2D eigenvalue weighted by atomic mass is 15.3. The molecule has 0 amide bonds. The zero-order valence-corrected chi connectivity index (χ0v) is 20.8. The number of hydrogen-bond acceptors (Lipinski definition) is 2. The maximum absolute atomic E-state index is 2.43. The van der Waals surface area contributed by atoms with Crippen LogP contribution in [0.2, 0.25) is 0 Å². The summed E-state index contributed by atoms with van der Waals surface area (Å²) in [7, 11) is 4.19. The Kier molecular flexibility index (Phi) is 5.70. The Morgan fingerprint density at radius 1 is 0.556 bits per heavy atom. The first-order chi connectivity index (χ1) is 17.7. The van der Waals surface area contributed by atoms with Crippen molar-refractivity contribution >= 4 is 22.7 Å². The molecule has 1 aliphatic rings. The van der Waals surface area contributed by atoms with E-state index in [1.54, 1.807) is 0 Å². The van der Waals surface area contributed by atoms with Crippen molar-refractivity contribution in [1.82, 2.24) is 0 Å². The molecule has 4 nitrogen and oxygen atoms in total. The van der Waals surface area contributed by atoms with Crippen molar-refractivity contribution in [3.8, 4) is 11.1 Å². The quantitative estimate of drug-likeness (QED) is 0.296. The van der Waals surface area contributed by atoms with Crippen LogP contribution in [0.3, 0.4) is 0 Å². The summed E-state index contributed by atoms with van der Waals surface area (Å²) in [5.74, 6) is 0. The van der Waals surface area contributed by atoms with Crippen LogP contribution in [0.1, 0.15) is 11.1 Å². The molecular formula is C32H30N4+2. The molecule has 36 heavy (non-hydrogen) atoms. The molecule has 4 heteroatoms. The van der Waals surface area contributed by atoms with Crippen molar-refractivity contribution in [1.29, 1.82) is 0 Å². The van der Waals surface area contributed by atoms with Crippen molar-refractivity contribution in [3.05, 3.63) is 133 Å². The minimum Gasteiger partial charge on any atom is -0.341 e. The first-order valence-corrected chi connectivity index (χ1v) is 12.4. The van der Waals surface area contributed by atoms with Crippen molar-refractivity contribution in [2.24, 2.45) is 7.05 Å². The van der Waals surface area contributed by atoms with Gasteiger partial charge in [0.1, 0.15) is 7.05 Å². The second kappa shape index (κ2) is 9.31. The molecule has 0 aliphatic carbocycles. The summed E-state index contributed by atoms with van der Waals surface area (Å²) >= 11 is 0. The Hall–Kier alpha value is -4.44. The summed E-state index contributed by atoms with van der Waals surface area (Å²) in [6.07, 6.45) is 8.48. The van der Waals surface area contributed by atoms with E-state index in [1.807, 2.05) is 7.05 Å². The highest BCUT2D eigenvalue weighted by Gasteiger charge is 2.25. The van der Waals surface area contributed by atoms with Gasteiger partial charge < -0.3 is 9.80 Å². The van der Waals surface area contributed by atoms with Crippen LogP contribution in [0, 0.1) is 0 Å². The average molecular weight is 471 g/mol. The van der Waals surface area contributed by atoms with Crippen LogP contribution >= 0.6 is 0 Å². The number of rotatable bonds is 5. The summed E-state index contributed by atoms with van der Waals surface area (Å²) in [5.41, 5.74) is 10.0. The zero-order chi connectivity index (χ0) is 24.5. The van der Waals surface area contributed by atoms with Crippen LogP contribution in [-0.4, -0.2) is 7.05 Å². The molecule has 176 valence electrons. The topological polar surface area (TPSA) is 14.2 Å². The van der Waals surface area contributed by atoms with Crippen molar-refractivity contribution in [3.63, 3.8) is 0 Å². The molecule has 3 heterocycles. The predicted molar refractivity (Wildman–Crippen MR) is 146 cm³/mol. The zero-order valence-electron chi connectivity index (χ0n) is 20.8. The minimum absolute atomic E-state index is 0.832. The first-order valence-electron chi connectivity index (χ1n) is 12.4. The monoisotopic (exact) mass is 470 g/mol. The van der Waals surface area contributed by atoms with Gasteiger partial charge in [0.25, 0.3) is 0 Å². The highest BCUT2D eigenvalue weighted by molar-refractivity contribution is 5.92. The molecular weight excluding hydrogens is 440 g/mol. The lowest BCUT2D eigenvalue weighted by molar-refractivity contribution is -0.688. The van der Waals surface area contributed by atoms with Crippen LogP contribution in [-0.2, 0) is 20.1 Å². The van der Waals surface area contributed by atoms with Crippen LogP contribution in [0.4, 0.5) is 22.7 Å². The normalized spacial score (nSPS) is 12.3. The summed E-state index contributed by atoms with van der Waals surface area (Å²) in [6, 6.07) is 35.0. The van der Waals surface area contributed by atoms with E-state index < -0.39 is 0 Å².